The maximum absolute atomic E-state index is 12.6. The van der Waals surface area contributed by atoms with Crippen molar-refractivity contribution in [3.8, 4) is 0 Å². The Hall–Kier alpha value is -0.890. The molecule has 0 amide bonds. The Morgan fingerprint density at radius 1 is 1.25 bits per heavy atom. The third-order valence-corrected chi connectivity index (χ3v) is 2.40. The summed E-state index contributed by atoms with van der Waals surface area (Å²) in [6, 6.07) is 6.83. The van der Waals surface area contributed by atoms with Crippen molar-refractivity contribution in [2.75, 3.05) is 13.1 Å². The molecule has 1 fully saturated rings. The highest BCUT2D eigenvalue weighted by Gasteiger charge is 2.15. The van der Waals surface area contributed by atoms with Gasteiger partial charge in [-0.05, 0) is 36.6 Å². The van der Waals surface area contributed by atoms with Crippen LogP contribution in [0.25, 0.3) is 0 Å². The zero-order chi connectivity index (χ0) is 8.39. The van der Waals surface area contributed by atoms with E-state index in [2.05, 4.69) is 5.32 Å². The number of nitrogens with one attached hydrogen (secondary N) is 1. The van der Waals surface area contributed by atoms with Gasteiger partial charge >= 0.3 is 0 Å². The van der Waals surface area contributed by atoms with Crippen molar-refractivity contribution in [3.05, 3.63) is 35.6 Å². The average Bonchev–Trinajstić information content (AvgIpc) is 2.58. The molecule has 0 unspecified atom stereocenters. The van der Waals surface area contributed by atoms with Crippen molar-refractivity contribution in [2.45, 2.75) is 12.3 Å². The van der Waals surface area contributed by atoms with Gasteiger partial charge in [-0.2, -0.15) is 0 Å². The van der Waals surface area contributed by atoms with Crippen LogP contribution >= 0.6 is 0 Å². The Morgan fingerprint density at radius 3 is 2.58 bits per heavy atom. The van der Waals surface area contributed by atoms with Crippen molar-refractivity contribution >= 4 is 0 Å². The maximum Gasteiger partial charge on any atom is 0.123 e. The fraction of sp³-hybridized carbons (Fsp3) is 0.400. The minimum Gasteiger partial charge on any atom is -0.316 e. The van der Waals surface area contributed by atoms with Gasteiger partial charge in [0.2, 0.25) is 0 Å². The monoisotopic (exact) mass is 165 g/mol. The SMILES string of the molecule is Fc1ccc([C@@H]2CCNC2)cc1. The summed E-state index contributed by atoms with van der Waals surface area (Å²) >= 11 is 0. The van der Waals surface area contributed by atoms with Gasteiger partial charge in [-0.25, -0.2) is 4.39 Å². The van der Waals surface area contributed by atoms with Gasteiger partial charge in [-0.1, -0.05) is 12.1 Å². The van der Waals surface area contributed by atoms with Gasteiger partial charge in [-0.15, -0.1) is 0 Å². The first kappa shape index (κ1) is 7.74. The molecular formula is C10H12FN. The largest absolute Gasteiger partial charge is 0.316 e. The van der Waals surface area contributed by atoms with Crippen LogP contribution in [0.2, 0.25) is 0 Å². The van der Waals surface area contributed by atoms with Crippen LogP contribution in [0.3, 0.4) is 0 Å². The van der Waals surface area contributed by atoms with Gasteiger partial charge in [0, 0.05) is 6.54 Å². The number of benzene rings is 1. The van der Waals surface area contributed by atoms with Crippen molar-refractivity contribution < 1.29 is 4.39 Å². The molecule has 1 saturated heterocycles. The summed E-state index contributed by atoms with van der Waals surface area (Å²) < 4.78 is 12.6. The van der Waals surface area contributed by atoms with Gasteiger partial charge < -0.3 is 5.32 Å². The molecule has 1 aliphatic rings. The van der Waals surface area contributed by atoms with Crippen LogP contribution < -0.4 is 5.32 Å². The Balaban J connectivity index is 2.17. The van der Waals surface area contributed by atoms with Crippen molar-refractivity contribution in [1.82, 2.24) is 5.32 Å². The second-order valence-corrected chi connectivity index (χ2v) is 3.24. The summed E-state index contributed by atoms with van der Waals surface area (Å²) in [4.78, 5) is 0. The zero-order valence-electron chi connectivity index (χ0n) is 6.89. The molecule has 12 heavy (non-hydrogen) atoms. The van der Waals surface area contributed by atoms with Gasteiger partial charge in [0.1, 0.15) is 5.82 Å². The van der Waals surface area contributed by atoms with Crippen LogP contribution in [-0.4, -0.2) is 13.1 Å². The van der Waals surface area contributed by atoms with E-state index < -0.39 is 0 Å². The molecule has 1 aliphatic heterocycles. The summed E-state index contributed by atoms with van der Waals surface area (Å²) in [7, 11) is 0. The molecule has 2 rings (SSSR count). The van der Waals surface area contributed by atoms with E-state index in [1.807, 2.05) is 12.1 Å². The molecule has 0 aliphatic carbocycles. The molecule has 1 N–H and O–H groups in total. The molecule has 1 atom stereocenters. The van der Waals surface area contributed by atoms with E-state index in [-0.39, 0.29) is 5.82 Å². The van der Waals surface area contributed by atoms with Crippen LogP contribution in [0.5, 0.6) is 0 Å². The standard InChI is InChI=1S/C10H12FN/c11-10-3-1-8(2-4-10)9-5-6-12-7-9/h1-4,9,12H,5-7H2/t9-/m1/s1. The quantitative estimate of drug-likeness (QED) is 0.670. The number of halogens is 1. The lowest BCUT2D eigenvalue weighted by Crippen LogP contribution is -2.07. The third kappa shape index (κ3) is 1.48. The molecule has 0 saturated carbocycles. The number of hydrogen-bond donors (Lipinski definition) is 1. The molecule has 1 heterocycles. The van der Waals surface area contributed by atoms with E-state index in [0.717, 1.165) is 13.1 Å². The molecule has 0 radical (unpaired) electrons. The Kier molecular flexibility index (Phi) is 2.09. The molecule has 64 valence electrons. The maximum atomic E-state index is 12.6. The fourth-order valence-electron chi connectivity index (χ4n) is 1.67. The van der Waals surface area contributed by atoms with Crippen molar-refractivity contribution in [1.29, 1.82) is 0 Å². The third-order valence-electron chi connectivity index (χ3n) is 2.40. The molecule has 1 nitrogen and oxygen atoms in total. The topological polar surface area (TPSA) is 12.0 Å². The van der Waals surface area contributed by atoms with E-state index in [0.29, 0.717) is 5.92 Å². The minimum absolute atomic E-state index is 0.148. The second kappa shape index (κ2) is 3.23. The van der Waals surface area contributed by atoms with Gasteiger partial charge in [0.15, 0.2) is 0 Å². The Morgan fingerprint density at radius 2 is 2.00 bits per heavy atom. The zero-order valence-corrected chi connectivity index (χ0v) is 6.89. The molecule has 1 aromatic rings. The summed E-state index contributed by atoms with van der Waals surface area (Å²) in [5, 5.41) is 3.29. The lowest BCUT2D eigenvalue weighted by atomic mass is 9.99. The number of hydrogen-bond acceptors (Lipinski definition) is 1. The van der Waals surface area contributed by atoms with Gasteiger partial charge in [0.25, 0.3) is 0 Å². The van der Waals surface area contributed by atoms with Crippen molar-refractivity contribution in [3.63, 3.8) is 0 Å². The van der Waals surface area contributed by atoms with Crippen LogP contribution in [0.4, 0.5) is 4.39 Å². The van der Waals surface area contributed by atoms with Crippen LogP contribution in [-0.2, 0) is 0 Å². The lowest BCUT2D eigenvalue weighted by Gasteiger charge is -2.07. The smallest absolute Gasteiger partial charge is 0.123 e. The predicted octanol–water partition coefficient (Wildman–Crippen LogP) is 1.90. The summed E-state index contributed by atoms with van der Waals surface area (Å²) in [5.74, 6) is 0.440. The highest BCUT2D eigenvalue weighted by Crippen LogP contribution is 2.21. The summed E-state index contributed by atoms with van der Waals surface area (Å²) in [6.07, 6.45) is 1.17. The van der Waals surface area contributed by atoms with E-state index in [1.165, 1.54) is 24.1 Å². The van der Waals surface area contributed by atoms with E-state index >= 15 is 0 Å². The molecule has 0 spiro atoms. The van der Waals surface area contributed by atoms with Gasteiger partial charge in [-0.3, -0.25) is 0 Å². The normalized spacial score (nSPS) is 22.9. The summed E-state index contributed by atoms with van der Waals surface area (Å²) in [6.45, 7) is 2.12. The van der Waals surface area contributed by atoms with E-state index in [9.17, 15) is 4.39 Å². The molecule has 2 heteroatoms. The number of rotatable bonds is 1. The van der Waals surface area contributed by atoms with Crippen LogP contribution in [0.1, 0.15) is 17.9 Å². The van der Waals surface area contributed by atoms with Crippen LogP contribution in [0, 0.1) is 5.82 Å². The highest BCUT2D eigenvalue weighted by atomic mass is 19.1. The lowest BCUT2D eigenvalue weighted by molar-refractivity contribution is 0.625. The molecular weight excluding hydrogens is 153 g/mol. The fourth-order valence-corrected chi connectivity index (χ4v) is 1.67. The second-order valence-electron chi connectivity index (χ2n) is 3.24. The first-order valence-corrected chi connectivity index (χ1v) is 4.32. The van der Waals surface area contributed by atoms with Crippen LogP contribution in [0.15, 0.2) is 24.3 Å². The first-order valence-electron chi connectivity index (χ1n) is 4.32. The van der Waals surface area contributed by atoms with Crippen molar-refractivity contribution in [2.24, 2.45) is 0 Å². The molecule has 1 aromatic carbocycles. The summed E-state index contributed by atoms with van der Waals surface area (Å²) in [5.41, 5.74) is 1.25. The minimum atomic E-state index is -0.148. The van der Waals surface area contributed by atoms with E-state index in [4.69, 9.17) is 0 Å². The predicted molar refractivity (Wildman–Crippen MR) is 46.6 cm³/mol. The van der Waals surface area contributed by atoms with E-state index in [1.54, 1.807) is 0 Å². The van der Waals surface area contributed by atoms with Gasteiger partial charge in [0.05, 0.1) is 0 Å². The first-order chi connectivity index (χ1) is 5.86. The average molecular weight is 165 g/mol. The molecule has 0 bridgehead atoms. The highest BCUT2D eigenvalue weighted by molar-refractivity contribution is 5.21. The Labute approximate surface area is 71.6 Å². The molecule has 0 aromatic heterocycles. The Bertz CT molecular complexity index is 249.